The van der Waals surface area contributed by atoms with E-state index in [1.807, 2.05) is 42.5 Å². The topological polar surface area (TPSA) is 37.4 Å². The van der Waals surface area contributed by atoms with Crippen LogP contribution < -0.4 is 4.90 Å². The van der Waals surface area contributed by atoms with Crippen LogP contribution in [0.2, 0.25) is 0 Å². The fourth-order valence-electron chi connectivity index (χ4n) is 4.54. The average Bonchev–Trinajstić information content (AvgIpc) is 3.21. The first-order valence-corrected chi connectivity index (χ1v) is 7.79. The maximum atomic E-state index is 12.9. The molecule has 0 radical (unpaired) electrons. The highest BCUT2D eigenvalue weighted by atomic mass is 16.2. The van der Waals surface area contributed by atoms with Crippen LogP contribution in [0.3, 0.4) is 0 Å². The second kappa shape index (κ2) is 4.07. The van der Waals surface area contributed by atoms with E-state index in [1.54, 1.807) is 0 Å². The van der Waals surface area contributed by atoms with Crippen molar-refractivity contribution in [2.45, 2.75) is 6.42 Å². The van der Waals surface area contributed by atoms with Gasteiger partial charge < -0.3 is 0 Å². The number of fused-ring (bicyclic) bond motifs is 6. The zero-order chi connectivity index (χ0) is 14.8. The van der Waals surface area contributed by atoms with Crippen LogP contribution in [-0.2, 0) is 9.59 Å². The zero-order valence-electron chi connectivity index (χ0n) is 12.0. The molecule has 2 aliphatic carbocycles. The van der Waals surface area contributed by atoms with E-state index in [-0.39, 0.29) is 35.5 Å². The molecule has 2 aromatic carbocycles. The normalized spacial score (nSPS) is 32.3. The molecule has 0 aromatic heterocycles. The van der Waals surface area contributed by atoms with Gasteiger partial charge in [0.15, 0.2) is 0 Å². The van der Waals surface area contributed by atoms with Crippen molar-refractivity contribution in [3.8, 4) is 0 Å². The van der Waals surface area contributed by atoms with Gasteiger partial charge in [-0.3, -0.25) is 9.59 Å². The lowest BCUT2D eigenvalue weighted by molar-refractivity contribution is -0.123. The number of rotatable bonds is 1. The molecule has 2 fully saturated rings. The molecule has 1 saturated heterocycles. The fraction of sp³-hybridized carbons (Fsp3) is 0.263. The van der Waals surface area contributed by atoms with Gasteiger partial charge in [-0.15, -0.1) is 0 Å². The third-order valence-electron chi connectivity index (χ3n) is 5.48. The summed E-state index contributed by atoms with van der Waals surface area (Å²) in [5.74, 6) is 0.215. The van der Waals surface area contributed by atoms with Crippen LogP contribution in [0.1, 0.15) is 6.42 Å². The summed E-state index contributed by atoms with van der Waals surface area (Å²) in [7, 11) is 0. The fourth-order valence-corrected chi connectivity index (χ4v) is 4.54. The van der Waals surface area contributed by atoms with Gasteiger partial charge in [-0.2, -0.15) is 0 Å². The molecule has 2 amide bonds. The lowest BCUT2D eigenvalue weighted by Crippen LogP contribution is -2.33. The first kappa shape index (κ1) is 12.2. The minimum absolute atomic E-state index is 0.0109. The zero-order valence-corrected chi connectivity index (χ0v) is 12.0. The van der Waals surface area contributed by atoms with Gasteiger partial charge in [0.1, 0.15) is 0 Å². The molecule has 5 rings (SSSR count). The number of allylic oxidation sites excluding steroid dienone is 2. The number of anilines is 1. The van der Waals surface area contributed by atoms with Crippen molar-refractivity contribution >= 4 is 28.3 Å². The highest BCUT2D eigenvalue weighted by molar-refractivity contribution is 6.25. The van der Waals surface area contributed by atoms with E-state index in [4.69, 9.17) is 0 Å². The van der Waals surface area contributed by atoms with E-state index in [9.17, 15) is 9.59 Å². The van der Waals surface area contributed by atoms with Crippen LogP contribution in [0.25, 0.3) is 10.8 Å². The van der Waals surface area contributed by atoms with E-state index in [2.05, 4.69) is 12.2 Å². The Bertz CT molecular complexity index is 818. The number of nitrogens with zero attached hydrogens (tertiary/aromatic N) is 1. The molecule has 1 heterocycles. The summed E-state index contributed by atoms with van der Waals surface area (Å²) in [5.41, 5.74) is 0.738. The molecule has 2 aromatic rings. The van der Waals surface area contributed by atoms with E-state index in [0.717, 1.165) is 22.9 Å². The molecule has 0 N–H and O–H groups in total. The van der Waals surface area contributed by atoms with Gasteiger partial charge in [0.05, 0.1) is 17.5 Å². The predicted molar refractivity (Wildman–Crippen MR) is 84.2 cm³/mol. The van der Waals surface area contributed by atoms with Gasteiger partial charge in [-0.1, -0.05) is 48.6 Å². The first-order valence-electron chi connectivity index (χ1n) is 7.79. The summed E-state index contributed by atoms with van der Waals surface area (Å²) < 4.78 is 0. The molecule has 3 nitrogen and oxygen atoms in total. The van der Waals surface area contributed by atoms with Gasteiger partial charge in [0, 0.05) is 5.39 Å². The van der Waals surface area contributed by atoms with E-state index >= 15 is 0 Å². The number of hydrogen-bond donors (Lipinski definition) is 0. The van der Waals surface area contributed by atoms with Gasteiger partial charge in [-0.05, 0) is 29.7 Å². The van der Waals surface area contributed by atoms with Crippen LogP contribution in [-0.4, -0.2) is 11.8 Å². The standard InChI is InChI=1S/C19H15NO2/c21-18-16-12-8-9-13(10-12)17(16)19(22)20(18)15-7-3-5-11-4-1-2-6-14(11)15/h1-9,12-13,16-17H,10H2/t12-,13-,16+,17+/m0/s1. The van der Waals surface area contributed by atoms with Gasteiger partial charge >= 0.3 is 0 Å². The number of carbonyl (C=O) groups excluding carboxylic acids is 2. The van der Waals surface area contributed by atoms with Crippen LogP contribution in [0.5, 0.6) is 0 Å². The number of hydrogen-bond acceptors (Lipinski definition) is 2. The Kier molecular flexibility index (Phi) is 2.25. The Morgan fingerprint density at radius 3 is 2.18 bits per heavy atom. The number of amides is 2. The molecule has 3 aliphatic rings. The summed E-state index contributed by atoms with van der Waals surface area (Å²) in [6.45, 7) is 0. The van der Waals surface area contributed by atoms with Crippen molar-refractivity contribution in [2.24, 2.45) is 23.7 Å². The maximum absolute atomic E-state index is 12.9. The Labute approximate surface area is 128 Å². The minimum Gasteiger partial charge on any atom is -0.274 e. The number of imide groups is 1. The third-order valence-corrected chi connectivity index (χ3v) is 5.48. The van der Waals surface area contributed by atoms with Crippen LogP contribution in [0.15, 0.2) is 54.6 Å². The molecule has 108 valence electrons. The second-order valence-electron chi connectivity index (χ2n) is 6.51. The minimum atomic E-state index is -0.138. The molecule has 3 heteroatoms. The first-order chi connectivity index (χ1) is 10.8. The third kappa shape index (κ3) is 1.36. The van der Waals surface area contributed by atoms with Crippen molar-refractivity contribution in [1.82, 2.24) is 0 Å². The van der Waals surface area contributed by atoms with Crippen molar-refractivity contribution in [3.05, 3.63) is 54.6 Å². The second-order valence-corrected chi connectivity index (χ2v) is 6.51. The SMILES string of the molecule is O=C1[C@H]2[C@H](C(=O)N1c1cccc3ccccc13)[C@H]1C=C[C@H]2C1. The summed E-state index contributed by atoms with van der Waals surface area (Å²) in [6.07, 6.45) is 5.23. The van der Waals surface area contributed by atoms with Crippen LogP contribution in [0.4, 0.5) is 5.69 Å². The molecule has 1 aliphatic heterocycles. The Morgan fingerprint density at radius 2 is 1.45 bits per heavy atom. The number of carbonyl (C=O) groups is 2. The lowest BCUT2D eigenvalue weighted by Gasteiger charge is -2.19. The van der Waals surface area contributed by atoms with Crippen molar-refractivity contribution in [3.63, 3.8) is 0 Å². The largest absolute Gasteiger partial charge is 0.274 e. The highest BCUT2D eigenvalue weighted by Crippen LogP contribution is 2.53. The molecular formula is C19H15NO2. The average molecular weight is 289 g/mol. The molecule has 2 bridgehead atoms. The van der Waals surface area contributed by atoms with Gasteiger partial charge in [0.2, 0.25) is 11.8 Å². The van der Waals surface area contributed by atoms with Crippen molar-refractivity contribution < 1.29 is 9.59 Å². The lowest BCUT2D eigenvalue weighted by atomic mass is 9.85. The Balaban J connectivity index is 1.67. The molecule has 1 saturated carbocycles. The van der Waals surface area contributed by atoms with Crippen molar-refractivity contribution in [2.75, 3.05) is 4.90 Å². The van der Waals surface area contributed by atoms with E-state index < -0.39 is 0 Å². The predicted octanol–water partition coefficient (Wildman–Crippen LogP) is 3.15. The highest BCUT2D eigenvalue weighted by Gasteiger charge is 2.59. The molecule has 0 unspecified atom stereocenters. The maximum Gasteiger partial charge on any atom is 0.238 e. The molecule has 22 heavy (non-hydrogen) atoms. The molecule has 4 atom stereocenters. The van der Waals surface area contributed by atoms with Crippen LogP contribution >= 0.6 is 0 Å². The van der Waals surface area contributed by atoms with Crippen LogP contribution in [0, 0.1) is 23.7 Å². The summed E-state index contributed by atoms with van der Waals surface area (Å²) in [5, 5.41) is 2.02. The summed E-state index contributed by atoms with van der Waals surface area (Å²) in [4.78, 5) is 27.3. The summed E-state index contributed by atoms with van der Waals surface area (Å²) in [6, 6.07) is 13.7. The summed E-state index contributed by atoms with van der Waals surface area (Å²) >= 11 is 0. The smallest absolute Gasteiger partial charge is 0.238 e. The van der Waals surface area contributed by atoms with Gasteiger partial charge in [0.25, 0.3) is 0 Å². The Hall–Kier alpha value is -2.42. The molecular weight excluding hydrogens is 274 g/mol. The monoisotopic (exact) mass is 289 g/mol. The quantitative estimate of drug-likeness (QED) is 0.597. The van der Waals surface area contributed by atoms with Crippen molar-refractivity contribution in [1.29, 1.82) is 0 Å². The van der Waals surface area contributed by atoms with Gasteiger partial charge in [-0.25, -0.2) is 4.90 Å². The van der Waals surface area contributed by atoms with E-state index in [0.29, 0.717) is 0 Å². The van der Waals surface area contributed by atoms with E-state index in [1.165, 1.54) is 4.90 Å². The Morgan fingerprint density at radius 1 is 0.818 bits per heavy atom. The number of benzene rings is 2. The molecule has 0 spiro atoms.